The van der Waals surface area contributed by atoms with Crippen molar-refractivity contribution in [3.05, 3.63) is 28.8 Å². The van der Waals surface area contributed by atoms with Crippen LogP contribution in [0.2, 0.25) is 5.02 Å². The van der Waals surface area contributed by atoms with Gasteiger partial charge in [-0.2, -0.15) is 0 Å². The molecule has 0 fully saturated rings. The van der Waals surface area contributed by atoms with E-state index in [1.807, 2.05) is 18.2 Å². The van der Waals surface area contributed by atoms with Gasteiger partial charge in [-0.3, -0.25) is 0 Å². The van der Waals surface area contributed by atoms with Crippen LogP contribution in [0.5, 0.6) is 5.75 Å². The molecule has 0 N–H and O–H groups in total. The first-order valence-electron chi connectivity index (χ1n) is 4.24. The zero-order chi connectivity index (χ0) is 10.4. The molecule has 1 aromatic rings. The average Bonchev–Trinajstić information content (AvgIpc) is 2.20. The summed E-state index contributed by atoms with van der Waals surface area (Å²) in [6.07, 6.45) is 0. The second-order valence-electron chi connectivity index (χ2n) is 2.70. The molecule has 0 bridgehead atoms. The number of para-hydroxylation sites is 1. The monoisotopic (exact) mass is 278 g/mol. The Morgan fingerprint density at radius 2 is 2.14 bits per heavy atom. The Bertz CT molecular complexity index is 291. The highest BCUT2D eigenvalue weighted by Gasteiger charge is 2.06. The van der Waals surface area contributed by atoms with Crippen LogP contribution >= 0.6 is 27.5 Å². The number of ether oxygens (including phenoxy) is 2. The molecule has 1 aromatic carbocycles. The Balaban J connectivity index is 2.72. The molecule has 0 radical (unpaired) electrons. The molecule has 0 aliphatic heterocycles. The molecule has 0 heterocycles. The highest BCUT2D eigenvalue weighted by molar-refractivity contribution is 9.08. The highest BCUT2D eigenvalue weighted by atomic mass is 79.9. The Kier molecular flexibility index (Phi) is 5.30. The molecule has 0 saturated carbocycles. The Labute approximate surface area is 97.3 Å². The van der Waals surface area contributed by atoms with Gasteiger partial charge in [-0.05, 0) is 6.07 Å². The first kappa shape index (κ1) is 11.8. The van der Waals surface area contributed by atoms with Gasteiger partial charge in [0.1, 0.15) is 12.4 Å². The standard InChI is InChI=1S/C10H12BrClO2/c1-13-5-6-14-10-8(7-11)3-2-4-9(10)12/h2-4H,5-7H2,1H3. The molecular formula is C10H12BrClO2. The fourth-order valence-electron chi connectivity index (χ4n) is 1.05. The van der Waals surface area contributed by atoms with Gasteiger partial charge in [0.05, 0.1) is 11.6 Å². The number of halogens is 2. The van der Waals surface area contributed by atoms with Crippen LogP contribution in [-0.2, 0) is 10.1 Å². The smallest absolute Gasteiger partial charge is 0.142 e. The van der Waals surface area contributed by atoms with E-state index in [9.17, 15) is 0 Å². The lowest BCUT2D eigenvalue weighted by Crippen LogP contribution is -2.05. The van der Waals surface area contributed by atoms with Gasteiger partial charge in [-0.25, -0.2) is 0 Å². The lowest BCUT2D eigenvalue weighted by molar-refractivity contribution is 0.146. The predicted molar refractivity (Wildman–Crippen MR) is 61.5 cm³/mol. The van der Waals surface area contributed by atoms with Crippen LogP contribution in [-0.4, -0.2) is 20.3 Å². The second-order valence-corrected chi connectivity index (χ2v) is 3.67. The summed E-state index contributed by atoms with van der Waals surface area (Å²) in [5.41, 5.74) is 1.05. The van der Waals surface area contributed by atoms with E-state index < -0.39 is 0 Å². The molecule has 0 unspecified atom stereocenters. The van der Waals surface area contributed by atoms with Gasteiger partial charge in [0.15, 0.2) is 0 Å². The Hall–Kier alpha value is -0.250. The van der Waals surface area contributed by atoms with E-state index in [1.54, 1.807) is 7.11 Å². The number of hydrogen-bond acceptors (Lipinski definition) is 2. The van der Waals surface area contributed by atoms with Crippen molar-refractivity contribution in [2.24, 2.45) is 0 Å². The average molecular weight is 280 g/mol. The number of alkyl halides is 1. The van der Waals surface area contributed by atoms with Crippen molar-refractivity contribution in [3.63, 3.8) is 0 Å². The summed E-state index contributed by atoms with van der Waals surface area (Å²) in [6.45, 7) is 1.08. The van der Waals surface area contributed by atoms with Crippen molar-refractivity contribution in [2.45, 2.75) is 5.33 Å². The molecular weight excluding hydrogens is 267 g/mol. The van der Waals surface area contributed by atoms with Gasteiger partial charge in [0.25, 0.3) is 0 Å². The first-order chi connectivity index (χ1) is 6.79. The van der Waals surface area contributed by atoms with Crippen LogP contribution in [0.25, 0.3) is 0 Å². The molecule has 14 heavy (non-hydrogen) atoms. The molecule has 4 heteroatoms. The molecule has 0 aliphatic rings. The van der Waals surface area contributed by atoms with Gasteiger partial charge < -0.3 is 9.47 Å². The summed E-state index contributed by atoms with van der Waals surface area (Å²) in [6, 6.07) is 5.70. The summed E-state index contributed by atoms with van der Waals surface area (Å²) < 4.78 is 10.4. The minimum atomic E-state index is 0.514. The lowest BCUT2D eigenvalue weighted by Gasteiger charge is -2.10. The molecule has 2 nitrogen and oxygen atoms in total. The molecule has 0 spiro atoms. The van der Waals surface area contributed by atoms with Crippen molar-refractivity contribution in [1.29, 1.82) is 0 Å². The number of benzene rings is 1. The normalized spacial score (nSPS) is 10.2. The van der Waals surface area contributed by atoms with Gasteiger partial charge in [0, 0.05) is 18.0 Å². The van der Waals surface area contributed by atoms with E-state index in [0.29, 0.717) is 18.2 Å². The van der Waals surface area contributed by atoms with E-state index >= 15 is 0 Å². The summed E-state index contributed by atoms with van der Waals surface area (Å²) in [7, 11) is 1.64. The third kappa shape index (κ3) is 3.15. The Morgan fingerprint density at radius 1 is 1.36 bits per heavy atom. The first-order valence-corrected chi connectivity index (χ1v) is 5.74. The quantitative estimate of drug-likeness (QED) is 0.608. The van der Waals surface area contributed by atoms with Crippen LogP contribution in [0.4, 0.5) is 0 Å². The Morgan fingerprint density at radius 3 is 2.79 bits per heavy atom. The summed E-state index contributed by atoms with van der Waals surface area (Å²) in [5.74, 6) is 0.739. The van der Waals surface area contributed by atoms with Gasteiger partial charge in [-0.1, -0.05) is 39.7 Å². The van der Waals surface area contributed by atoms with Crippen molar-refractivity contribution >= 4 is 27.5 Å². The second kappa shape index (κ2) is 6.27. The van der Waals surface area contributed by atoms with Crippen LogP contribution < -0.4 is 4.74 Å². The minimum Gasteiger partial charge on any atom is -0.489 e. The molecule has 0 aromatic heterocycles. The molecule has 0 atom stereocenters. The van der Waals surface area contributed by atoms with E-state index in [0.717, 1.165) is 16.6 Å². The van der Waals surface area contributed by atoms with Gasteiger partial charge in [0.2, 0.25) is 0 Å². The van der Waals surface area contributed by atoms with Crippen molar-refractivity contribution in [3.8, 4) is 5.75 Å². The fraction of sp³-hybridized carbons (Fsp3) is 0.400. The molecule has 0 aliphatic carbocycles. The zero-order valence-corrected chi connectivity index (χ0v) is 10.3. The maximum atomic E-state index is 6.00. The number of hydrogen-bond donors (Lipinski definition) is 0. The maximum Gasteiger partial charge on any atom is 0.142 e. The maximum absolute atomic E-state index is 6.00. The van der Waals surface area contributed by atoms with E-state index in [2.05, 4.69) is 15.9 Å². The molecule has 1 rings (SSSR count). The number of rotatable bonds is 5. The largest absolute Gasteiger partial charge is 0.489 e. The van der Waals surface area contributed by atoms with E-state index in [1.165, 1.54) is 0 Å². The third-order valence-corrected chi connectivity index (χ3v) is 2.63. The third-order valence-electron chi connectivity index (χ3n) is 1.73. The molecule has 78 valence electrons. The van der Waals surface area contributed by atoms with Crippen LogP contribution in [0, 0.1) is 0 Å². The lowest BCUT2D eigenvalue weighted by atomic mass is 10.2. The van der Waals surface area contributed by atoms with Gasteiger partial charge >= 0.3 is 0 Å². The van der Waals surface area contributed by atoms with Crippen LogP contribution in [0.15, 0.2) is 18.2 Å². The van der Waals surface area contributed by atoms with Crippen molar-refractivity contribution < 1.29 is 9.47 Å². The molecule has 0 saturated heterocycles. The SMILES string of the molecule is COCCOc1c(Cl)cccc1CBr. The topological polar surface area (TPSA) is 18.5 Å². The fourth-order valence-corrected chi connectivity index (χ4v) is 1.74. The van der Waals surface area contributed by atoms with Crippen molar-refractivity contribution in [2.75, 3.05) is 20.3 Å². The van der Waals surface area contributed by atoms with Crippen LogP contribution in [0.3, 0.4) is 0 Å². The van der Waals surface area contributed by atoms with Crippen LogP contribution in [0.1, 0.15) is 5.56 Å². The predicted octanol–water partition coefficient (Wildman–Crippen LogP) is 3.26. The molecule has 0 amide bonds. The van der Waals surface area contributed by atoms with E-state index in [-0.39, 0.29) is 0 Å². The highest BCUT2D eigenvalue weighted by Crippen LogP contribution is 2.29. The summed E-state index contributed by atoms with van der Waals surface area (Å²) in [5, 5.41) is 1.37. The minimum absolute atomic E-state index is 0.514. The van der Waals surface area contributed by atoms with Crippen molar-refractivity contribution in [1.82, 2.24) is 0 Å². The van der Waals surface area contributed by atoms with E-state index in [4.69, 9.17) is 21.1 Å². The zero-order valence-electron chi connectivity index (χ0n) is 7.93. The van der Waals surface area contributed by atoms with Gasteiger partial charge in [-0.15, -0.1) is 0 Å². The summed E-state index contributed by atoms with van der Waals surface area (Å²) >= 11 is 9.38. The summed E-state index contributed by atoms with van der Waals surface area (Å²) in [4.78, 5) is 0. The number of methoxy groups -OCH3 is 1.